The average molecular weight is 283 g/mol. The highest BCUT2D eigenvalue weighted by Crippen LogP contribution is 2.24. The van der Waals surface area contributed by atoms with Crippen LogP contribution in [0.1, 0.15) is 29.6 Å². The summed E-state index contributed by atoms with van der Waals surface area (Å²) in [6.45, 7) is 0.597. The summed E-state index contributed by atoms with van der Waals surface area (Å²) in [5.74, 6) is -1.38. The summed E-state index contributed by atoms with van der Waals surface area (Å²) in [5, 5.41) is 15.0. The number of amides is 1. The smallest absolute Gasteiger partial charge is 0.339 e. The van der Waals surface area contributed by atoms with Crippen molar-refractivity contribution in [2.75, 3.05) is 11.9 Å². The monoisotopic (exact) mass is 282 g/mol. The van der Waals surface area contributed by atoms with E-state index in [4.69, 9.17) is 16.7 Å². The van der Waals surface area contributed by atoms with E-state index in [0.717, 1.165) is 0 Å². The van der Waals surface area contributed by atoms with Gasteiger partial charge in [0.25, 0.3) is 0 Å². The zero-order valence-corrected chi connectivity index (χ0v) is 11.0. The van der Waals surface area contributed by atoms with Gasteiger partial charge in [0.1, 0.15) is 5.56 Å². The first kappa shape index (κ1) is 13.8. The summed E-state index contributed by atoms with van der Waals surface area (Å²) in [4.78, 5) is 22.8. The summed E-state index contributed by atoms with van der Waals surface area (Å²) in [6, 6.07) is 5.16. The number of carbonyl (C=O) groups excluding carboxylic acids is 1. The van der Waals surface area contributed by atoms with Crippen molar-refractivity contribution in [3.8, 4) is 0 Å². The SMILES string of the molecule is O=C(CCNC1CC1)Nc1cccc(Cl)c1C(=O)O. The fraction of sp³-hybridized carbons (Fsp3) is 0.385. The van der Waals surface area contributed by atoms with Crippen LogP contribution in [0, 0.1) is 0 Å². The van der Waals surface area contributed by atoms with E-state index in [1.54, 1.807) is 6.07 Å². The molecule has 0 unspecified atom stereocenters. The third kappa shape index (κ3) is 3.94. The van der Waals surface area contributed by atoms with Crippen LogP contribution in [0.5, 0.6) is 0 Å². The molecule has 1 aliphatic carbocycles. The summed E-state index contributed by atoms with van der Waals surface area (Å²) < 4.78 is 0. The van der Waals surface area contributed by atoms with Gasteiger partial charge in [0.15, 0.2) is 0 Å². The molecule has 6 heteroatoms. The Balaban J connectivity index is 1.95. The van der Waals surface area contributed by atoms with E-state index in [2.05, 4.69) is 10.6 Å². The van der Waals surface area contributed by atoms with Crippen molar-refractivity contribution in [3.05, 3.63) is 28.8 Å². The average Bonchev–Trinajstić information content (AvgIpc) is 3.12. The first-order valence-corrected chi connectivity index (χ1v) is 6.51. The Morgan fingerprint density at radius 2 is 2.11 bits per heavy atom. The normalized spacial score (nSPS) is 14.2. The second-order valence-corrected chi connectivity index (χ2v) is 4.90. The number of aromatic carboxylic acids is 1. The Morgan fingerprint density at radius 3 is 2.74 bits per heavy atom. The molecule has 0 bridgehead atoms. The van der Waals surface area contributed by atoms with Crippen LogP contribution < -0.4 is 10.6 Å². The molecule has 0 spiro atoms. The molecule has 1 saturated carbocycles. The minimum Gasteiger partial charge on any atom is -0.478 e. The zero-order valence-electron chi connectivity index (χ0n) is 10.3. The molecular weight excluding hydrogens is 268 g/mol. The van der Waals surface area contributed by atoms with Crippen LogP contribution >= 0.6 is 11.6 Å². The maximum atomic E-state index is 11.7. The van der Waals surface area contributed by atoms with Gasteiger partial charge in [-0.1, -0.05) is 17.7 Å². The van der Waals surface area contributed by atoms with Gasteiger partial charge in [-0.3, -0.25) is 4.79 Å². The van der Waals surface area contributed by atoms with E-state index in [9.17, 15) is 9.59 Å². The predicted molar refractivity (Wildman–Crippen MR) is 72.7 cm³/mol. The largest absolute Gasteiger partial charge is 0.478 e. The molecule has 19 heavy (non-hydrogen) atoms. The van der Waals surface area contributed by atoms with Crippen LogP contribution in [0.25, 0.3) is 0 Å². The maximum Gasteiger partial charge on any atom is 0.339 e. The fourth-order valence-corrected chi connectivity index (χ4v) is 1.99. The second-order valence-electron chi connectivity index (χ2n) is 4.49. The van der Waals surface area contributed by atoms with Crippen LogP contribution in [0.4, 0.5) is 5.69 Å². The van der Waals surface area contributed by atoms with Crippen LogP contribution in [0.3, 0.4) is 0 Å². The molecule has 102 valence electrons. The molecule has 0 saturated heterocycles. The van der Waals surface area contributed by atoms with Gasteiger partial charge in [0.05, 0.1) is 10.7 Å². The van der Waals surface area contributed by atoms with Gasteiger partial charge in [-0.05, 0) is 25.0 Å². The summed E-state index contributed by atoms with van der Waals surface area (Å²) in [7, 11) is 0. The zero-order chi connectivity index (χ0) is 13.8. The van der Waals surface area contributed by atoms with E-state index in [1.165, 1.54) is 25.0 Å². The van der Waals surface area contributed by atoms with Crippen molar-refractivity contribution in [1.29, 1.82) is 0 Å². The van der Waals surface area contributed by atoms with E-state index in [0.29, 0.717) is 19.0 Å². The minimum absolute atomic E-state index is 0.0762. The third-order valence-corrected chi connectivity index (χ3v) is 3.18. The number of rotatable bonds is 6. The topological polar surface area (TPSA) is 78.4 Å². The molecule has 5 nitrogen and oxygen atoms in total. The number of nitrogens with one attached hydrogen (secondary N) is 2. The Hall–Kier alpha value is -1.59. The van der Waals surface area contributed by atoms with Gasteiger partial charge in [0.2, 0.25) is 5.91 Å². The van der Waals surface area contributed by atoms with Crippen LogP contribution in [0.15, 0.2) is 18.2 Å². The van der Waals surface area contributed by atoms with Gasteiger partial charge in [0, 0.05) is 19.0 Å². The Kier molecular flexibility index (Phi) is 4.39. The first-order chi connectivity index (χ1) is 9.08. The standard InChI is InChI=1S/C13H15ClN2O3/c14-9-2-1-3-10(12(9)13(18)19)16-11(17)6-7-15-8-4-5-8/h1-3,8,15H,4-7H2,(H,16,17)(H,18,19). The summed E-state index contributed by atoms with van der Waals surface area (Å²) >= 11 is 5.82. The van der Waals surface area contributed by atoms with Crippen LogP contribution in [-0.4, -0.2) is 29.6 Å². The maximum absolute atomic E-state index is 11.7. The minimum atomic E-state index is -1.16. The van der Waals surface area contributed by atoms with Crippen molar-refractivity contribution >= 4 is 29.2 Å². The highest BCUT2D eigenvalue weighted by Gasteiger charge is 2.20. The van der Waals surface area contributed by atoms with Gasteiger partial charge in [-0.25, -0.2) is 4.79 Å². The predicted octanol–water partition coefficient (Wildman–Crippen LogP) is 2.12. The number of hydrogen-bond acceptors (Lipinski definition) is 3. The van der Waals surface area contributed by atoms with Gasteiger partial charge >= 0.3 is 5.97 Å². The lowest BCUT2D eigenvalue weighted by atomic mass is 10.1. The number of carboxylic acid groups (broad SMARTS) is 1. The first-order valence-electron chi connectivity index (χ1n) is 6.13. The summed E-state index contributed by atoms with van der Waals surface area (Å²) in [5.41, 5.74) is 0.157. The van der Waals surface area contributed by atoms with E-state index in [1.807, 2.05) is 0 Å². The number of carbonyl (C=O) groups is 2. The van der Waals surface area contributed by atoms with Gasteiger partial charge in [-0.2, -0.15) is 0 Å². The lowest BCUT2D eigenvalue weighted by Gasteiger charge is -2.09. The lowest BCUT2D eigenvalue weighted by Crippen LogP contribution is -2.23. The highest BCUT2D eigenvalue weighted by atomic mass is 35.5. The Morgan fingerprint density at radius 1 is 1.37 bits per heavy atom. The molecule has 0 aromatic heterocycles. The number of benzene rings is 1. The van der Waals surface area contributed by atoms with Crippen LogP contribution in [-0.2, 0) is 4.79 Å². The molecule has 0 aliphatic heterocycles. The molecule has 1 aromatic rings. The van der Waals surface area contributed by atoms with Crippen molar-refractivity contribution in [2.24, 2.45) is 0 Å². The van der Waals surface area contributed by atoms with Crippen molar-refractivity contribution in [2.45, 2.75) is 25.3 Å². The fourth-order valence-electron chi connectivity index (χ4n) is 1.74. The molecule has 0 atom stereocenters. The summed E-state index contributed by atoms with van der Waals surface area (Å²) in [6.07, 6.45) is 2.64. The molecule has 0 heterocycles. The van der Waals surface area contributed by atoms with Crippen molar-refractivity contribution < 1.29 is 14.7 Å². The van der Waals surface area contributed by atoms with E-state index < -0.39 is 5.97 Å². The Labute approximate surface area is 116 Å². The van der Waals surface area contributed by atoms with E-state index in [-0.39, 0.29) is 22.2 Å². The van der Waals surface area contributed by atoms with E-state index >= 15 is 0 Å². The molecule has 3 N–H and O–H groups in total. The quantitative estimate of drug-likeness (QED) is 0.747. The molecule has 1 aromatic carbocycles. The molecule has 0 radical (unpaired) electrons. The van der Waals surface area contributed by atoms with Crippen molar-refractivity contribution in [1.82, 2.24) is 5.32 Å². The van der Waals surface area contributed by atoms with Crippen LogP contribution in [0.2, 0.25) is 5.02 Å². The third-order valence-electron chi connectivity index (χ3n) is 2.86. The molecule has 1 fully saturated rings. The molecular formula is C13H15ClN2O3. The Bertz CT molecular complexity index is 501. The highest BCUT2D eigenvalue weighted by molar-refractivity contribution is 6.34. The van der Waals surface area contributed by atoms with Gasteiger partial charge in [-0.15, -0.1) is 0 Å². The molecule has 2 rings (SSSR count). The number of halogens is 1. The molecule has 1 amide bonds. The second kappa shape index (κ2) is 6.04. The van der Waals surface area contributed by atoms with Crippen molar-refractivity contribution in [3.63, 3.8) is 0 Å². The number of carboxylic acids is 1. The lowest BCUT2D eigenvalue weighted by molar-refractivity contribution is -0.116. The van der Waals surface area contributed by atoms with Gasteiger partial charge < -0.3 is 15.7 Å². The number of anilines is 1. The molecule has 1 aliphatic rings. The number of hydrogen-bond donors (Lipinski definition) is 3.